The van der Waals surface area contributed by atoms with Crippen molar-refractivity contribution in [2.24, 2.45) is 5.73 Å². The summed E-state index contributed by atoms with van der Waals surface area (Å²) in [5.41, 5.74) is 7.77. The third-order valence-corrected chi connectivity index (χ3v) is 3.57. The molecule has 4 heteroatoms. The lowest BCUT2D eigenvalue weighted by atomic mass is 9.85. The number of nitrogens with two attached hydrogens (primary N) is 1. The molecule has 1 aromatic rings. The molecule has 3 N–H and O–H groups in total. The van der Waals surface area contributed by atoms with Gasteiger partial charge in [-0.3, -0.25) is 4.79 Å². The van der Waals surface area contributed by atoms with E-state index in [2.05, 4.69) is 18.3 Å². The molecule has 0 bridgehead atoms. The second-order valence-corrected chi connectivity index (χ2v) is 4.88. The molecule has 2 atom stereocenters. The van der Waals surface area contributed by atoms with Crippen LogP contribution in [0.3, 0.4) is 0 Å². The molecule has 2 unspecified atom stereocenters. The van der Waals surface area contributed by atoms with Gasteiger partial charge in [-0.05, 0) is 43.9 Å². The van der Waals surface area contributed by atoms with E-state index in [0.717, 1.165) is 25.1 Å². The van der Waals surface area contributed by atoms with Crippen molar-refractivity contribution in [1.82, 2.24) is 5.32 Å². The van der Waals surface area contributed by atoms with Gasteiger partial charge in [0, 0.05) is 0 Å². The zero-order valence-electron chi connectivity index (χ0n) is 10.9. The van der Waals surface area contributed by atoms with Crippen LogP contribution in [0.5, 0.6) is 5.75 Å². The van der Waals surface area contributed by atoms with Crippen molar-refractivity contribution < 1.29 is 9.53 Å². The maximum atomic E-state index is 11.3. The standard InChI is InChI=1S/C14H20N2O2/c1-9-3-4-13(18-2)11(7-9)10-5-6-16-12(8-10)14(15)17/h3-4,7,10,12,16H,5-6,8H2,1-2H3,(H2,15,17). The van der Waals surface area contributed by atoms with Crippen molar-refractivity contribution in [3.8, 4) is 5.75 Å². The largest absolute Gasteiger partial charge is 0.496 e. The quantitative estimate of drug-likeness (QED) is 0.848. The van der Waals surface area contributed by atoms with Crippen molar-refractivity contribution in [3.63, 3.8) is 0 Å². The molecule has 0 aromatic heterocycles. The smallest absolute Gasteiger partial charge is 0.234 e. The van der Waals surface area contributed by atoms with Gasteiger partial charge in [-0.25, -0.2) is 0 Å². The summed E-state index contributed by atoms with van der Waals surface area (Å²) in [5, 5.41) is 3.16. The number of benzene rings is 1. The molecule has 1 aromatic carbocycles. The fourth-order valence-corrected chi connectivity index (χ4v) is 2.59. The molecular weight excluding hydrogens is 228 g/mol. The molecule has 1 fully saturated rings. The highest BCUT2D eigenvalue weighted by molar-refractivity contribution is 5.80. The zero-order chi connectivity index (χ0) is 13.1. The Morgan fingerprint density at radius 2 is 2.28 bits per heavy atom. The van der Waals surface area contributed by atoms with Crippen LogP contribution in [0, 0.1) is 6.92 Å². The monoisotopic (exact) mass is 248 g/mol. The summed E-state index contributed by atoms with van der Waals surface area (Å²) in [6.45, 7) is 2.88. The van der Waals surface area contributed by atoms with E-state index >= 15 is 0 Å². The average molecular weight is 248 g/mol. The van der Waals surface area contributed by atoms with Crippen LogP contribution in [-0.4, -0.2) is 25.6 Å². The second kappa shape index (κ2) is 5.40. The van der Waals surface area contributed by atoms with Crippen LogP contribution in [0.4, 0.5) is 0 Å². The predicted octanol–water partition coefficient (Wildman–Crippen LogP) is 1.32. The number of rotatable bonds is 3. The summed E-state index contributed by atoms with van der Waals surface area (Å²) in [6, 6.07) is 5.95. The Kier molecular flexibility index (Phi) is 3.87. The number of primary amides is 1. The molecular formula is C14H20N2O2. The van der Waals surface area contributed by atoms with Crippen LogP contribution in [-0.2, 0) is 4.79 Å². The van der Waals surface area contributed by atoms with E-state index in [9.17, 15) is 4.79 Å². The van der Waals surface area contributed by atoms with Crippen LogP contribution < -0.4 is 15.8 Å². The highest BCUT2D eigenvalue weighted by Gasteiger charge is 2.27. The molecule has 2 rings (SSSR count). The van der Waals surface area contributed by atoms with Gasteiger partial charge in [0.05, 0.1) is 13.2 Å². The van der Waals surface area contributed by atoms with Gasteiger partial charge >= 0.3 is 0 Å². The minimum absolute atomic E-state index is 0.228. The molecule has 1 aliphatic heterocycles. The van der Waals surface area contributed by atoms with E-state index in [0.29, 0.717) is 5.92 Å². The number of hydrogen-bond acceptors (Lipinski definition) is 3. The number of amides is 1. The van der Waals surface area contributed by atoms with E-state index in [4.69, 9.17) is 10.5 Å². The van der Waals surface area contributed by atoms with Crippen molar-refractivity contribution in [3.05, 3.63) is 29.3 Å². The molecule has 98 valence electrons. The number of nitrogens with one attached hydrogen (secondary N) is 1. The number of hydrogen-bond donors (Lipinski definition) is 2. The Hall–Kier alpha value is -1.55. The van der Waals surface area contributed by atoms with Crippen molar-refractivity contribution in [2.45, 2.75) is 31.7 Å². The Morgan fingerprint density at radius 3 is 2.94 bits per heavy atom. The lowest BCUT2D eigenvalue weighted by molar-refractivity contribution is -0.120. The summed E-state index contributed by atoms with van der Waals surface area (Å²) in [6.07, 6.45) is 1.75. The van der Waals surface area contributed by atoms with Gasteiger partial charge in [0.2, 0.25) is 5.91 Å². The molecule has 0 aliphatic carbocycles. The van der Waals surface area contributed by atoms with Gasteiger partial charge in [0.25, 0.3) is 0 Å². The molecule has 0 saturated carbocycles. The Morgan fingerprint density at radius 1 is 1.50 bits per heavy atom. The van der Waals surface area contributed by atoms with E-state index < -0.39 is 0 Å². The maximum absolute atomic E-state index is 11.3. The first-order valence-electron chi connectivity index (χ1n) is 6.29. The first-order valence-corrected chi connectivity index (χ1v) is 6.29. The molecule has 0 radical (unpaired) electrons. The van der Waals surface area contributed by atoms with Gasteiger partial charge in [0.1, 0.15) is 5.75 Å². The molecule has 1 amide bonds. The van der Waals surface area contributed by atoms with Gasteiger partial charge in [0.15, 0.2) is 0 Å². The minimum Gasteiger partial charge on any atom is -0.496 e. The van der Waals surface area contributed by atoms with E-state index in [1.54, 1.807) is 7.11 Å². The summed E-state index contributed by atoms with van der Waals surface area (Å²) in [4.78, 5) is 11.3. The molecule has 1 aliphatic rings. The van der Waals surface area contributed by atoms with Crippen LogP contribution in [0.25, 0.3) is 0 Å². The summed E-state index contributed by atoms with van der Waals surface area (Å²) in [7, 11) is 1.68. The number of ether oxygens (including phenoxy) is 1. The molecule has 0 spiro atoms. The Balaban J connectivity index is 2.25. The predicted molar refractivity (Wildman–Crippen MR) is 70.7 cm³/mol. The third-order valence-electron chi connectivity index (χ3n) is 3.57. The van der Waals surface area contributed by atoms with Crippen LogP contribution in [0.2, 0.25) is 0 Å². The van der Waals surface area contributed by atoms with E-state index in [1.165, 1.54) is 11.1 Å². The minimum atomic E-state index is -0.272. The number of piperidine rings is 1. The second-order valence-electron chi connectivity index (χ2n) is 4.88. The highest BCUT2D eigenvalue weighted by atomic mass is 16.5. The first kappa shape index (κ1) is 12.9. The fourth-order valence-electron chi connectivity index (χ4n) is 2.59. The van der Waals surface area contributed by atoms with Gasteiger partial charge in [-0.15, -0.1) is 0 Å². The Labute approximate surface area is 108 Å². The summed E-state index contributed by atoms with van der Waals surface area (Å²) in [5.74, 6) is 0.959. The normalized spacial score (nSPS) is 23.7. The van der Waals surface area contributed by atoms with Crippen LogP contribution >= 0.6 is 0 Å². The molecule has 4 nitrogen and oxygen atoms in total. The average Bonchev–Trinajstić information content (AvgIpc) is 2.39. The molecule has 18 heavy (non-hydrogen) atoms. The Bertz CT molecular complexity index is 445. The number of methoxy groups -OCH3 is 1. The summed E-state index contributed by atoms with van der Waals surface area (Å²) < 4.78 is 5.41. The van der Waals surface area contributed by atoms with Crippen molar-refractivity contribution in [1.29, 1.82) is 0 Å². The number of aryl methyl sites for hydroxylation is 1. The van der Waals surface area contributed by atoms with Crippen LogP contribution in [0.15, 0.2) is 18.2 Å². The topological polar surface area (TPSA) is 64.3 Å². The van der Waals surface area contributed by atoms with Gasteiger partial charge in [-0.2, -0.15) is 0 Å². The van der Waals surface area contributed by atoms with Crippen molar-refractivity contribution >= 4 is 5.91 Å². The maximum Gasteiger partial charge on any atom is 0.234 e. The van der Waals surface area contributed by atoms with Crippen LogP contribution in [0.1, 0.15) is 29.9 Å². The van der Waals surface area contributed by atoms with E-state index in [1.807, 2.05) is 12.1 Å². The molecule has 1 heterocycles. The highest BCUT2D eigenvalue weighted by Crippen LogP contribution is 2.34. The zero-order valence-corrected chi connectivity index (χ0v) is 10.9. The SMILES string of the molecule is COc1ccc(C)cc1C1CCNC(C(N)=O)C1. The summed E-state index contributed by atoms with van der Waals surface area (Å²) >= 11 is 0. The van der Waals surface area contributed by atoms with Gasteiger partial charge in [-0.1, -0.05) is 17.7 Å². The first-order chi connectivity index (χ1) is 8.61. The third kappa shape index (κ3) is 2.64. The van der Waals surface area contributed by atoms with Gasteiger partial charge < -0.3 is 15.8 Å². The van der Waals surface area contributed by atoms with E-state index in [-0.39, 0.29) is 11.9 Å². The lowest BCUT2D eigenvalue weighted by Gasteiger charge is -2.29. The molecule has 1 saturated heterocycles. The lowest BCUT2D eigenvalue weighted by Crippen LogP contribution is -2.46. The number of carbonyl (C=O) groups excluding carboxylic acids is 1. The van der Waals surface area contributed by atoms with Crippen molar-refractivity contribution in [2.75, 3.05) is 13.7 Å². The fraction of sp³-hybridized carbons (Fsp3) is 0.500. The number of carbonyl (C=O) groups is 1.